The van der Waals surface area contributed by atoms with E-state index in [1.807, 2.05) is 0 Å². The number of hydrogen-bond donors (Lipinski definition) is 1. The summed E-state index contributed by atoms with van der Waals surface area (Å²) in [5.41, 5.74) is 5.24. The van der Waals surface area contributed by atoms with Crippen molar-refractivity contribution in [1.29, 1.82) is 0 Å². The highest BCUT2D eigenvalue weighted by molar-refractivity contribution is 9.10. The smallest absolute Gasteiger partial charge is 0.328 e. The second-order valence-electron chi connectivity index (χ2n) is 3.25. The molecule has 0 spiro atoms. The van der Waals surface area contributed by atoms with Gasteiger partial charge < -0.3 is 10.5 Å². The Morgan fingerprint density at radius 1 is 1.32 bits per heavy atom. The van der Waals surface area contributed by atoms with Gasteiger partial charge in [-0.2, -0.15) is 15.0 Å². The van der Waals surface area contributed by atoms with Gasteiger partial charge in [0.15, 0.2) is 0 Å². The van der Waals surface area contributed by atoms with E-state index in [0.717, 1.165) is 0 Å². The Hall–Kier alpha value is -2.00. The van der Waals surface area contributed by atoms with Crippen LogP contribution in [0.3, 0.4) is 0 Å². The SMILES string of the molecule is Nc1nc(Cl)nc(Oc2cc(Br)cc([N+](=O)[O-])c2)n1. The highest BCUT2D eigenvalue weighted by atomic mass is 79.9. The zero-order valence-electron chi connectivity index (χ0n) is 9.08. The van der Waals surface area contributed by atoms with Gasteiger partial charge in [-0.25, -0.2) is 0 Å². The molecule has 0 unspecified atom stereocenters. The molecule has 0 aliphatic heterocycles. The first-order valence-electron chi connectivity index (χ1n) is 4.74. The normalized spacial score (nSPS) is 10.2. The highest BCUT2D eigenvalue weighted by Gasteiger charge is 2.12. The van der Waals surface area contributed by atoms with Crippen molar-refractivity contribution < 1.29 is 9.66 Å². The average molecular weight is 347 g/mol. The van der Waals surface area contributed by atoms with Crippen molar-refractivity contribution >= 4 is 39.2 Å². The Morgan fingerprint density at radius 3 is 2.68 bits per heavy atom. The first kappa shape index (κ1) is 13.4. The average Bonchev–Trinajstić information content (AvgIpc) is 2.26. The number of anilines is 1. The molecule has 2 rings (SSSR count). The summed E-state index contributed by atoms with van der Waals surface area (Å²) in [4.78, 5) is 21.1. The van der Waals surface area contributed by atoms with E-state index >= 15 is 0 Å². The van der Waals surface area contributed by atoms with Crippen LogP contribution in [-0.2, 0) is 0 Å². The van der Waals surface area contributed by atoms with Crippen molar-refractivity contribution in [2.45, 2.75) is 0 Å². The number of benzene rings is 1. The summed E-state index contributed by atoms with van der Waals surface area (Å²) in [7, 11) is 0. The molecular formula is C9H5BrClN5O3. The molecule has 1 aromatic heterocycles. The maximum absolute atomic E-state index is 10.7. The number of aromatic nitrogens is 3. The van der Waals surface area contributed by atoms with Crippen LogP contribution in [0.15, 0.2) is 22.7 Å². The van der Waals surface area contributed by atoms with Gasteiger partial charge in [0.2, 0.25) is 11.2 Å². The number of halogens is 2. The van der Waals surface area contributed by atoms with Crippen molar-refractivity contribution in [1.82, 2.24) is 15.0 Å². The topological polar surface area (TPSA) is 117 Å². The van der Waals surface area contributed by atoms with Crippen LogP contribution in [0.4, 0.5) is 11.6 Å². The minimum absolute atomic E-state index is 0.112. The van der Waals surface area contributed by atoms with Crippen molar-refractivity contribution in [3.05, 3.63) is 38.1 Å². The zero-order chi connectivity index (χ0) is 14.0. The first-order chi connectivity index (χ1) is 8.94. The largest absolute Gasteiger partial charge is 0.424 e. The lowest BCUT2D eigenvalue weighted by atomic mass is 10.3. The summed E-state index contributed by atoms with van der Waals surface area (Å²) in [5, 5.41) is 10.6. The lowest BCUT2D eigenvalue weighted by Gasteiger charge is -2.04. The second-order valence-corrected chi connectivity index (χ2v) is 4.50. The van der Waals surface area contributed by atoms with Gasteiger partial charge in [0, 0.05) is 10.5 Å². The fourth-order valence-electron chi connectivity index (χ4n) is 1.21. The number of hydrogen-bond acceptors (Lipinski definition) is 7. The molecule has 2 N–H and O–H groups in total. The molecule has 0 bridgehead atoms. The Labute approximate surface area is 119 Å². The Bertz CT molecular complexity index is 633. The fraction of sp³-hybridized carbons (Fsp3) is 0. The van der Waals surface area contributed by atoms with Crippen LogP contribution in [0.2, 0.25) is 5.28 Å². The van der Waals surface area contributed by atoms with E-state index in [0.29, 0.717) is 4.47 Å². The maximum Gasteiger partial charge on any atom is 0.328 e. The number of nitrogens with two attached hydrogens (primary N) is 1. The van der Waals surface area contributed by atoms with Gasteiger partial charge in [0.05, 0.1) is 11.0 Å². The Kier molecular flexibility index (Phi) is 3.76. The third kappa shape index (κ3) is 3.48. The molecular weight excluding hydrogens is 341 g/mol. The molecule has 98 valence electrons. The monoisotopic (exact) mass is 345 g/mol. The predicted molar refractivity (Wildman–Crippen MR) is 70.1 cm³/mol. The molecule has 1 aromatic carbocycles. The van der Waals surface area contributed by atoms with E-state index < -0.39 is 4.92 Å². The minimum atomic E-state index is -0.549. The van der Waals surface area contributed by atoms with E-state index in [4.69, 9.17) is 22.1 Å². The Balaban J connectivity index is 2.35. The van der Waals surface area contributed by atoms with Crippen molar-refractivity contribution in [2.75, 3.05) is 5.73 Å². The molecule has 0 aliphatic rings. The number of nitro groups is 1. The van der Waals surface area contributed by atoms with E-state index in [1.54, 1.807) is 0 Å². The zero-order valence-corrected chi connectivity index (χ0v) is 11.4. The van der Waals surface area contributed by atoms with E-state index in [2.05, 4.69) is 30.9 Å². The van der Waals surface area contributed by atoms with Gasteiger partial charge in [0.25, 0.3) is 5.69 Å². The van der Waals surface area contributed by atoms with Crippen molar-refractivity contribution in [3.8, 4) is 11.8 Å². The summed E-state index contributed by atoms with van der Waals surface area (Å²) in [6.45, 7) is 0. The van der Waals surface area contributed by atoms with Gasteiger partial charge in [-0.3, -0.25) is 10.1 Å². The number of non-ortho nitro benzene ring substituents is 1. The summed E-state index contributed by atoms with van der Waals surface area (Å²) in [5.74, 6) is 0.0576. The molecule has 1 heterocycles. The number of rotatable bonds is 3. The quantitative estimate of drug-likeness (QED) is 0.670. The maximum atomic E-state index is 10.7. The lowest BCUT2D eigenvalue weighted by molar-refractivity contribution is -0.385. The Morgan fingerprint density at radius 2 is 2.05 bits per heavy atom. The molecule has 0 atom stereocenters. The van der Waals surface area contributed by atoms with Crippen LogP contribution in [-0.4, -0.2) is 19.9 Å². The molecule has 8 nitrogen and oxygen atoms in total. The number of ether oxygens (including phenoxy) is 1. The van der Waals surface area contributed by atoms with Crippen LogP contribution < -0.4 is 10.5 Å². The molecule has 0 fully saturated rings. The van der Waals surface area contributed by atoms with Crippen LogP contribution in [0.5, 0.6) is 11.8 Å². The molecule has 0 saturated carbocycles. The van der Waals surface area contributed by atoms with Gasteiger partial charge in [0.1, 0.15) is 5.75 Å². The lowest BCUT2D eigenvalue weighted by Crippen LogP contribution is -2.00. The molecule has 0 amide bonds. The molecule has 0 aliphatic carbocycles. The van der Waals surface area contributed by atoms with Crippen molar-refractivity contribution in [3.63, 3.8) is 0 Å². The van der Waals surface area contributed by atoms with E-state index in [1.165, 1.54) is 18.2 Å². The summed E-state index contributed by atoms with van der Waals surface area (Å²) < 4.78 is 5.73. The molecule has 2 aromatic rings. The van der Waals surface area contributed by atoms with Crippen LogP contribution in [0.25, 0.3) is 0 Å². The van der Waals surface area contributed by atoms with E-state index in [9.17, 15) is 10.1 Å². The summed E-state index contributed by atoms with van der Waals surface area (Å²) in [6, 6.07) is 3.92. The molecule has 19 heavy (non-hydrogen) atoms. The highest BCUT2D eigenvalue weighted by Crippen LogP contribution is 2.28. The van der Waals surface area contributed by atoms with Crippen LogP contribution >= 0.6 is 27.5 Å². The fourth-order valence-corrected chi connectivity index (χ4v) is 1.83. The predicted octanol–water partition coefficient (Wildman–Crippen LogP) is 2.57. The summed E-state index contributed by atoms with van der Waals surface area (Å²) >= 11 is 8.72. The molecule has 0 saturated heterocycles. The minimum Gasteiger partial charge on any atom is -0.424 e. The second kappa shape index (κ2) is 5.33. The van der Waals surface area contributed by atoms with Gasteiger partial charge in [-0.1, -0.05) is 15.9 Å². The van der Waals surface area contributed by atoms with Crippen LogP contribution in [0, 0.1) is 10.1 Å². The van der Waals surface area contributed by atoms with Gasteiger partial charge in [-0.05, 0) is 17.7 Å². The first-order valence-corrected chi connectivity index (χ1v) is 5.91. The third-order valence-electron chi connectivity index (χ3n) is 1.88. The number of nitrogens with zero attached hydrogens (tertiary/aromatic N) is 4. The molecule has 10 heteroatoms. The standard InChI is InChI=1S/C9H5BrClN5O3/c10-4-1-5(16(17)18)3-6(2-4)19-9-14-7(11)13-8(12)15-9/h1-3H,(H2,12,13,14,15). The number of nitro benzene ring substituents is 1. The van der Waals surface area contributed by atoms with E-state index in [-0.39, 0.29) is 28.7 Å². The molecule has 0 radical (unpaired) electrons. The van der Waals surface area contributed by atoms with Crippen molar-refractivity contribution in [2.24, 2.45) is 0 Å². The third-order valence-corrected chi connectivity index (χ3v) is 2.51. The number of nitrogen functional groups attached to an aromatic ring is 1. The van der Waals surface area contributed by atoms with Gasteiger partial charge in [-0.15, -0.1) is 0 Å². The van der Waals surface area contributed by atoms with Crippen LogP contribution in [0.1, 0.15) is 0 Å². The van der Waals surface area contributed by atoms with Gasteiger partial charge >= 0.3 is 6.01 Å². The summed E-state index contributed by atoms with van der Waals surface area (Å²) in [6.07, 6.45) is 0.